The van der Waals surface area contributed by atoms with E-state index < -0.39 is 35.4 Å². The van der Waals surface area contributed by atoms with E-state index in [4.69, 9.17) is 11.6 Å². The van der Waals surface area contributed by atoms with Gasteiger partial charge in [0, 0.05) is 5.56 Å². The van der Waals surface area contributed by atoms with Crippen LogP contribution in [0.2, 0.25) is 5.02 Å². The topological polar surface area (TPSA) is 57.7 Å². The summed E-state index contributed by atoms with van der Waals surface area (Å²) in [5.74, 6) is -3.05. The molecule has 29 heavy (non-hydrogen) atoms. The number of allylic oxidation sites excluding steroid dienone is 2. The van der Waals surface area contributed by atoms with Crippen molar-refractivity contribution in [3.05, 3.63) is 82.6 Å². The summed E-state index contributed by atoms with van der Waals surface area (Å²) < 4.78 is 14.3. The normalized spacial score (nSPS) is 20.7. The van der Waals surface area contributed by atoms with Crippen LogP contribution in [0.1, 0.15) is 28.8 Å². The number of amides is 3. The fourth-order valence-electron chi connectivity index (χ4n) is 3.82. The summed E-state index contributed by atoms with van der Waals surface area (Å²) in [6.07, 6.45) is 4.62. The Morgan fingerprint density at radius 1 is 1.00 bits per heavy atom. The van der Waals surface area contributed by atoms with E-state index in [0.717, 1.165) is 10.0 Å². The monoisotopic (exact) mass is 412 g/mol. The van der Waals surface area contributed by atoms with Crippen LogP contribution < -0.4 is 0 Å². The molecule has 0 spiro atoms. The van der Waals surface area contributed by atoms with Crippen molar-refractivity contribution in [1.82, 2.24) is 10.0 Å². The Morgan fingerprint density at radius 2 is 1.59 bits per heavy atom. The summed E-state index contributed by atoms with van der Waals surface area (Å²) >= 11 is 6.18. The number of rotatable bonds is 4. The lowest BCUT2D eigenvalue weighted by Gasteiger charge is -2.31. The summed E-state index contributed by atoms with van der Waals surface area (Å²) in [5, 5.41) is 2.09. The molecule has 7 heteroatoms. The van der Waals surface area contributed by atoms with Gasteiger partial charge < -0.3 is 0 Å². The van der Waals surface area contributed by atoms with E-state index in [-0.39, 0.29) is 22.7 Å². The predicted molar refractivity (Wildman–Crippen MR) is 105 cm³/mol. The molecule has 1 heterocycles. The molecule has 1 aliphatic heterocycles. The maximum Gasteiger partial charge on any atom is 0.274 e. The highest BCUT2D eigenvalue weighted by molar-refractivity contribution is 6.33. The van der Waals surface area contributed by atoms with Crippen molar-refractivity contribution in [2.75, 3.05) is 0 Å². The van der Waals surface area contributed by atoms with Gasteiger partial charge in [0.05, 0.1) is 29.0 Å². The number of hydrogen-bond acceptors (Lipinski definition) is 3. The highest BCUT2D eigenvalue weighted by atomic mass is 35.5. The number of halogens is 2. The molecule has 2 aromatic carbocycles. The third kappa shape index (κ3) is 3.44. The van der Waals surface area contributed by atoms with Crippen molar-refractivity contribution in [1.29, 1.82) is 0 Å². The van der Waals surface area contributed by atoms with Crippen LogP contribution in [0.3, 0.4) is 0 Å². The lowest BCUT2D eigenvalue weighted by atomic mass is 9.85. The molecule has 5 nitrogen and oxygen atoms in total. The average molecular weight is 413 g/mol. The van der Waals surface area contributed by atoms with Crippen LogP contribution in [0.5, 0.6) is 0 Å². The molecule has 0 radical (unpaired) electrons. The van der Waals surface area contributed by atoms with Gasteiger partial charge in [0.15, 0.2) is 0 Å². The molecule has 148 valence electrons. The van der Waals surface area contributed by atoms with Gasteiger partial charge in [-0.15, -0.1) is 0 Å². The van der Waals surface area contributed by atoms with E-state index in [1.807, 2.05) is 12.2 Å². The minimum atomic E-state index is -0.632. The quantitative estimate of drug-likeness (QED) is 0.563. The zero-order valence-corrected chi connectivity index (χ0v) is 16.2. The molecule has 1 fully saturated rings. The van der Waals surface area contributed by atoms with Gasteiger partial charge in [-0.1, -0.05) is 54.1 Å². The van der Waals surface area contributed by atoms with Gasteiger partial charge in [-0.05, 0) is 31.0 Å². The van der Waals surface area contributed by atoms with Gasteiger partial charge in [-0.25, -0.2) is 9.40 Å². The maximum absolute atomic E-state index is 14.3. The third-order valence-electron chi connectivity index (χ3n) is 5.34. The highest BCUT2D eigenvalue weighted by Crippen LogP contribution is 2.37. The molecule has 0 bridgehead atoms. The first-order valence-corrected chi connectivity index (χ1v) is 9.69. The minimum Gasteiger partial charge on any atom is -0.272 e. The molecular formula is C22H18ClFN2O3. The summed E-state index contributed by atoms with van der Waals surface area (Å²) in [6.45, 7) is -0.263. The van der Waals surface area contributed by atoms with Gasteiger partial charge in [0.1, 0.15) is 5.82 Å². The average Bonchev–Trinajstić information content (AvgIpc) is 2.98. The van der Waals surface area contributed by atoms with Crippen LogP contribution in [-0.2, 0) is 16.1 Å². The molecular weight excluding hydrogens is 395 g/mol. The second-order valence-corrected chi connectivity index (χ2v) is 7.49. The third-order valence-corrected chi connectivity index (χ3v) is 5.67. The molecule has 4 rings (SSSR count). The number of hydrazine groups is 1. The molecule has 1 saturated heterocycles. The number of nitrogens with zero attached hydrogens (tertiary/aromatic N) is 2. The Morgan fingerprint density at radius 3 is 2.21 bits per heavy atom. The van der Waals surface area contributed by atoms with Crippen molar-refractivity contribution in [2.24, 2.45) is 11.8 Å². The Labute approximate surface area is 172 Å². The summed E-state index contributed by atoms with van der Waals surface area (Å²) in [5.41, 5.74) is 0.334. The molecule has 0 N–H and O–H groups in total. The molecule has 2 atom stereocenters. The fourth-order valence-corrected chi connectivity index (χ4v) is 4.03. The number of hydrogen-bond donors (Lipinski definition) is 0. The van der Waals surface area contributed by atoms with Crippen molar-refractivity contribution < 1.29 is 18.8 Å². The van der Waals surface area contributed by atoms with Crippen molar-refractivity contribution in [3.63, 3.8) is 0 Å². The number of benzene rings is 2. The van der Waals surface area contributed by atoms with E-state index in [9.17, 15) is 18.8 Å². The second kappa shape index (κ2) is 7.79. The molecule has 1 aliphatic carbocycles. The van der Waals surface area contributed by atoms with Crippen LogP contribution in [0.4, 0.5) is 4.39 Å². The van der Waals surface area contributed by atoms with E-state index in [2.05, 4.69) is 0 Å². The first-order chi connectivity index (χ1) is 14.0. The van der Waals surface area contributed by atoms with E-state index in [0.29, 0.717) is 12.8 Å². The zero-order valence-electron chi connectivity index (χ0n) is 15.4. The number of carbonyl (C=O) groups is 3. The minimum absolute atomic E-state index is 0.138. The van der Waals surface area contributed by atoms with E-state index in [1.165, 1.54) is 24.3 Å². The fraction of sp³-hybridized carbons (Fsp3) is 0.227. The largest absolute Gasteiger partial charge is 0.274 e. The van der Waals surface area contributed by atoms with Crippen molar-refractivity contribution in [2.45, 2.75) is 19.4 Å². The second-order valence-electron chi connectivity index (χ2n) is 7.08. The van der Waals surface area contributed by atoms with Gasteiger partial charge >= 0.3 is 0 Å². The number of imide groups is 1. The molecule has 0 unspecified atom stereocenters. The van der Waals surface area contributed by atoms with Crippen LogP contribution in [0, 0.1) is 17.7 Å². The van der Waals surface area contributed by atoms with Crippen LogP contribution in [0.15, 0.2) is 60.7 Å². The Balaban J connectivity index is 1.75. The van der Waals surface area contributed by atoms with Crippen molar-refractivity contribution >= 4 is 29.3 Å². The van der Waals surface area contributed by atoms with Crippen LogP contribution in [-0.4, -0.2) is 27.7 Å². The first-order valence-electron chi connectivity index (χ1n) is 9.31. The van der Waals surface area contributed by atoms with Crippen LogP contribution >= 0.6 is 11.6 Å². The summed E-state index contributed by atoms with van der Waals surface area (Å²) in [6, 6.07) is 12.3. The molecule has 0 saturated carbocycles. The Hall–Kier alpha value is -2.99. The van der Waals surface area contributed by atoms with Crippen molar-refractivity contribution in [3.8, 4) is 0 Å². The van der Waals surface area contributed by atoms with Gasteiger partial charge in [-0.2, -0.15) is 5.01 Å². The van der Waals surface area contributed by atoms with Crippen LogP contribution in [0.25, 0.3) is 0 Å². The molecule has 2 aliphatic rings. The number of carbonyl (C=O) groups excluding carboxylic acids is 3. The zero-order chi connectivity index (χ0) is 20.5. The number of fused-ring (bicyclic) bond motifs is 1. The lowest BCUT2D eigenvalue weighted by Crippen LogP contribution is -2.50. The SMILES string of the molecule is O=C(c1ccccc1Cl)N(Cc1ccccc1F)N1C(=O)[C@H]2CC=CC[C@@H]2C1=O. The Kier molecular flexibility index (Phi) is 5.20. The van der Waals surface area contributed by atoms with Gasteiger partial charge in [0.2, 0.25) is 0 Å². The van der Waals surface area contributed by atoms with E-state index in [1.54, 1.807) is 24.3 Å². The molecule has 0 aromatic heterocycles. The van der Waals surface area contributed by atoms with Gasteiger partial charge in [-0.3, -0.25) is 14.4 Å². The standard InChI is InChI=1S/C22H18ClFN2O3/c23-18-11-5-4-10-17(18)20(27)25(13-14-7-1-6-12-19(14)24)26-21(28)15-8-2-3-9-16(15)22(26)29/h1-7,10-12,15-16H,8-9,13H2/t15-,16-/m0/s1. The molecule has 2 aromatic rings. The smallest absolute Gasteiger partial charge is 0.272 e. The first kappa shape index (κ1) is 19.3. The highest BCUT2D eigenvalue weighted by Gasteiger charge is 2.51. The molecule has 3 amide bonds. The summed E-state index contributed by atoms with van der Waals surface area (Å²) in [7, 11) is 0. The predicted octanol–water partition coefficient (Wildman–Crippen LogP) is 3.99. The van der Waals surface area contributed by atoms with E-state index >= 15 is 0 Å². The summed E-state index contributed by atoms with van der Waals surface area (Å²) in [4.78, 5) is 39.4. The maximum atomic E-state index is 14.3. The lowest BCUT2D eigenvalue weighted by molar-refractivity contribution is -0.155. The van der Waals surface area contributed by atoms with Gasteiger partial charge in [0.25, 0.3) is 17.7 Å². The Bertz CT molecular complexity index is 997.